The highest BCUT2D eigenvalue weighted by Crippen LogP contribution is 2.35. The van der Waals surface area contributed by atoms with Crippen LogP contribution < -0.4 is 4.31 Å². The third kappa shape index (κ3) is 4.05. The quantitative estimate of drug-likeness (QED) is 0.710. The number of morpholine rings is 1. The fraction of sp³-hybridized carbons (Fsp3) is 0.619. The van der Waals surface area contributed by atoms with Gasteiger partial charge in [-0.2, -0.15) is 0 Å². The van der Waals surface area contributed by atoms with Gasteiger partial charge in [0.15, 0.2) is 0 Å². The summed E-state index contributed by atoms with van der Waals surface area (Å²) in [5.41, 5.74) is 2.08. The van der Waals surface area contributed by atoms with Gasteiger partial charge in [-0.25, -0.2) is 8.42 Å². The second kappa shape index (κ2) is 8.19. The molecule has 2 fully saturated rings. The zero-order valence-electron chi connectivity index (χ0n) is 17.5. The molecule has 0 aromatic heterocycles. The Kier molecular flexibility index (Phi) is 5.76. The molecule has 0 aliphatic carbocycles. The molecule has 0 spiro atoms. The zero-order chi connectivity index (χ0) is 21.5. The van der Waals surface area contributed by atoms with E-state index in [1.807, 2.05) is 17.9 Å². The van der Waals surface area contributed by atoms with E-state index in [0.717, 1.165) is 18.4 Å². The summed E-state index contributed by atoms with van der Waals surface area (Å²) in [6.45, 7) is 5.30. The minimum atomic E-state index is -3.36. The molecule has 3 aliphatic heterocycles. The summed E-state index contributed by atoms with van der Waals surface area (Å²) in [4.78, 5) is 29.6. The molecule has 2 atom stereocenters. The number of ether oxygens (including phenoxy) is 1. The molecule has 9 heteroatoms. The lowest BCUT2D eigenvalue weighted by molar-refractivity contribution is -0.141. The molecule has 3 heterocycles. The van der Waals surface area contributed by atoms with E-state index in [0.29, 0.717) is 57.1 Å². The highest BCUT2D eigenvalue weighted by atomic mass is 32.2. The van der Waals surface area contributed by atoms with Gasteiger partial charge in [-0.05, 0) is 49.9 Å². The largest absolute Gasteiger partial charge is 0.378 e. The number of anilines is 1. The van der Waals surface area contributed by atoms with Crippen LogP contribution in [0.1, 0.15) is 35.7 Å². The van der Waals surface area contributed by atoms with Crippen molar-refractivity contribution >= 4 is 27.5 Å². The van der Waals surface area contributed by atoms with Gasteiger partial charge in [0.2, 0.25) is 15.9 Å². The van der Waals surface area contributed by atoms with Gasteiger partial charge in [0, 0.05) is 37.8 Å². The number of nitrogens with zero attached hydrogens (tertiary/aromatic N) is 3. The first kappa shape index (κ1) is 21.1. The van der Waals surface area contributed by atoms with Gasteiger partial charge in [-0.3, -0.25) is 13.9 Å². The molecule has 2 saturated heterocycles. The molecule has 1 aromatic carbocycles. The van der Waals surface area contributed by atoms with Gasteiger partial charge in [0.25, 0.3) is 5.91 Å². The van der Waals surface area contributed by atoms with Crippen LogP contribution in [0.3, 0.4) is 0 Å². The van der Waals surface area contributed by atoms with E-state index in [-0.39, 0.29) is 23.8 Å². The summed E-state index contributed by atoms with van der Waals surface area (Å²) in [6.07, 6.45) is 3.39. The van der Waals surface area contributed by atoms with E-state index < -0.39 is 10.0 Å². The summed E-state index contributed by atoms with van der Waals surface area (Å²) in [6, 6.07) is 5.08. The number of fused-ring (bicyclic) bond motifs is 1. The topological polar surface area (TPSA) is 87.2 Å². The maximum absolute atomic E-state index is 13.2. The molecule has 4 rings (SSSR count). The molecule has 3 aliphatic rings. The van der Waals surface area contributed by atoms with Crippen molar-refractivity contribution in [3.8, 4) is 0 Å². The van der Waals surface area contributed by atoms with Crippen LogP contribution >= 0.6 is 0 Å². The maximum Gasteiger partial charge on any atom is 0.253 e. The van der Waals surface area contributed by atoms with E-state index in [9.17, 15) is 18.0 Å². The van der Waals surface area contributed by atoms with Crippen molar-refractivity contribution in [2.75, 3.05) is 50.0 Å². The molecule has 164 valence electrons. The van der Waals surface area contributed by atoms with E-state index in [2.05, 4.69) is 0 Å². The number of carbonyl (C=O) groups excluding carboxylic acids is 2. The normalized spacial score (nSPS) is 24.7. The summed E-state index contributed by atoms with van der Waals surface area (Å²) < 4.78 is 31.0. The van der Waals surface area contributed by atoms with Crippen LogP contribution in [0, 0.1) is 5.92 Å². The Morgan fingerprint density at radius 3 is 2.53 bits per heavy atom. The first-order chi connectivity index (χ1) is 14.3. The lowest BCUT2D eigenvalue weighted by atomic mass is 9.95. The first-order valence-corrected chi connectivity index (χ1v) is 12.4. The van der Waals surface area contributed by atoms with Crippen molar-refractivity contribution in [3.05, 3.63) is 29.3 Å². The number of benzene rings is 1. The first-order valence-electron chi connectivity index (χ1n) is 10.5. The van der Waals surface area contributed by atoms with Crippen LogP contribution in [0.15, 0.2) is 18.2 Å². The molecule has 30 heavy (non-hydrogen) atoms. The number of piperidine rings is 1. The van der Waals surface area contributed by atoms with Crippen LogP contribution in [-0.4, -0.2) is 81.7 Å². The average molecular weight is 436 g/mol. The standard InChI is InChI=1S/C21H29N3O5S/c1-15-12-18-13-16(5-6-19(18)24(15)30(2,27)28)20(25)23-7-3-4-17(14-23)21(26)22-8-10-29-11-9-22/h5-6,13,15,17H,3-4,7-12,14H2,1-2H3/t15-,17+/m0/s1. The van der Waals surface area contributed by atoms with E-state index >= 15 is 0 Å². The molecule has 2 amide bonds. The minimum absolute atomic E-state index is 0.0947. The van der Waals surface area contributed by atoms with Gasteiger partial charge in [0.05, 0.1) is 31.1 Å². The minimum Gasteiger partial charge on any atom is -0.378 e. The number of carbonyl (C=O) groups is 2. The molecule has 0 saturated carbocycles. The number of hydrogen-bond acceptors (Lipinski definition) is 5. The smallest absolute Gasteiger partial charge is 0.253 e. The Labute approximate surface area is 177 Å². The second-order valence-corrected chi connectivity index (χ2v) is 10.3. The Bertz CT molecular complexity index is 942. The predicted octanol–water partition coefficient (Wildman–Crippen LogP) is 1.11. The Morgan fingerprint density at radius 1 is 1.10 bits per heavy atom. The van der Waals surface area contributed by atoms with Gasteiger partial charge < -0.3 is 14.5 Å². The van der Waals surface area contributed by atoms with Crippen LogP contribution in [0.25, 0.3) is 0 Å². The second-order valence-electron chi connectivity index (χ2n) is 8.48. The molecule has 0 unspecified atom stereocenters. The van der Waals surface area contributed by atoms with Crippen molar-refractivity contribution in [2.24, 2.45) is 5.92 Å². The fourth-order valence-corrected chi connectivity index (χ4v) is 6.09. The van der Waals surface area contributed by atoms with Crippen molar-refractivity contribution in [1.82, 2.24) is 9.80 Å². The lowest BCUT2D eigenvalue weighted by Crippen LogP contribution is -2.49. The molecule has 0 radical (unpaired) electrons. The van der Waals surface area contributed by atoms with Gasteiger partial charge in [-0.15, -0.1) is 0 Å². The predicted molar refractivity (Wildman–Crippen MR) is 113 cm³/mol. The Balaban J connectivity index is 1.48. The van der Waals surface area contributed by atoms with Crippen molar-refractivity contribution in [3.63, 3.8) is 0 Å². The van der Waals surface area contributed by atoms with Crippen molar-refractivity contribution in [2.45, 2.75) is 32.2 Å². The highest BCUT2D eigenvalue weighted by molar-refractivity contribution is 7.92. The summed E-state index contributed by atoms with van der Waals surface area (Å²) in [5, 5.41) is 0. The molecular formula is C21H29N3O5S. The van der Waals surface area contributed by atoms with Crippen LogP contribution in [0.5, 0.6) is 0 Å². The Morgan fingerprint density at radius 2 is 1.83 bits per heavy atom. The molecule has 8 nitrogen and oxygen atoms in total. The molecule has 1 aromatic rings. The highest BCUT2D eigenvalue weighted by Gasteiger charge is 2.35. The number of amides is 2. The van der Waals surface area contributed by atoms with Gasteiger partial charge in [-0.1, -0.05) is 0 Å². The number of sulfonamides is 1. The van der Waals surface area contributed by atoms with E-state index in [1.54, 1.807) is 17.0 Å². The van der Waals surface area contributed by atoms with Gasteiger partial charge in [0.1, 0.15) is 0 Å². The fourth-order valence-electron chi connectivity index (χ4n) is 4.83. The van der Waals surface area contributed by atoms with Crippen LogP contribution in [0.2, 0.25) is 0 Å². The van der Waals surface area contributed by atoms with Crippen molar-refractivity contribution < 1.29 is 22.7 Å². The number of likely N-dealkylation sites (tertiary alicyclic amines) is 1. The average Bonchev–Trinajstić information content (AvgIpc) is 3.08. The van der Waals surface area contributed by atoms with Crippen LogP contribution in [-0.2, 0) is 26.0 Å². The lowest BCUT2D eigenvalue weighted by Gasteiger charge is -2.36. The summed E-state index contributed by atoms with van der Waals surface area (Å²) in [7, 11) is -3.36. The van der Waals surface area contributed by atoms with E-state index in [1.165, 1.54) is 10.6 Å². The van der Waals surface area contributed by atoms with E-state index in [4.69, 9.17) is 4.74 Å². The third-order valence-electron chi connectivity index (χ3n) is 6.22. The van der Waals surface area contributed by atoms with Crippen molar-refractivity contribution in [1.29, 1.82) is 0 Å². The third-order valence-corrected chi connectivity index (χ3v) is 7.49. The summed E-state index contributed by atoms with van der Waals surface area (Å²) >= 11 is 0. The molecule has 0 N–H and O–H groups in total. The zero-order valence-corrected chi connectivity index (χ0v) is 18.4. The monoisotopic (exact) mass is 435 g/mol. The molecule has 0 bridgehead atoms. The molecular weight excluding hydrogens is 406 g/mol. The summed E-state index contributed by atoms with van der Waals surface area (Å²) in [5.74, 6) is -0.152. The van der Waals surface area contributed by atoms with Crippen LogP contribution in [0.4, 0.5) is 5.69 Å². The number of rotatable bonds is 3. The Hall–Kier alpha value is -2.13. The maximum atomic E-state index is 13.2. The van der Waals surface area contributed by atoms with Gasteiger partial charge >= 0.3 is 0 Å². The number of hydrogen-bond donors (Lipinski definition) is 0. The SMILES string of the molecule is C[C@H]1Cc2cc(C(=O)N3CCC[C@@H](C(=O)N4CCOCC4)C3)ccc2N1S(C)(=O)=O.